The van der Waals surface area contributed by atoms with Crippen LogP contribution in [0.4, 0.5) is 5.88 Å². The number of benzene rings is 3. The van der Waals surface area contributed by atoms with Crippen molar-refractivity contribution in [2.45, 2.75) is 23.4 Å². The van der Waals surface area contributed by atoms with Crippen molar-refractivity contribution in [2.75, 3.05) is 5.32 Å². The molecule has 0 amide bonds. The lowest BCUT2D eigenvalue weighted by atomic mass is 10.2. The van der Waals surface area contributed by atoms with Gasteiger partial charge in [0.1, 0.15) is 0 Å². The summed E-state index contributed by atoms with van der Waals surface area (Å²) in [6.45, 7) is 2.21. The van der Waals surface area contributed by atoms with E-state index in [9.17, 15) is 8.42 Å². The minimum atomic E-state index is -3.93. The molecule has 0 saturated heterocycles. The van der Waals surface area contributed by atoms with E-state index in [-0.39, 0.29) is 21.7 Å². The highest BCUT2D eigenvalue weighted by molar-refractivity contribution is 7.91. The first-order valence-electron chi connectivity index (χ1n) is 9.40. The Morgan fingerprint density at radius 1 is 0.935 bits per heavy atom. The molecule has 0 fully saturated rings. The van der Waals surface area contributed by atoms with E-state index < -0.39 is 9.84 Å². The first-order chi connectivity index (χ1) is 14.8. The monoisotopic (exact) mass is 472 g/mol. The number of nitrogens with zero attached hydrogens (tertiary/aromatic N) is 1. The Hall–Kier alpha value is -2.80. The second kappa shape index (κ2) is 8.75. The summed E-state index contributed by atoms with van der Waals surface area (Å²) in [7, 11) is -3.93. The van der Waals surface area contributed by atoms with E-state index >= 15 is 0 Å². The zero-order valence-corrected chi connectivity index (χ0v) is 18.8. The molecule has 0 aliphatic heterocycles. The lowest BCUT2D eigenvalue weighted by Gasteiger charge is -2.07. The second-order valence-electron chi connectivity index (χ2n) is 6.93. The molecule has 1 aromatic heterocycles. The van der Waals surface area contributed by atoms with Crippen molar-refractivity contribution in [2.24, 2.45) is 0 Å². The Labute approximate surface area is 190 Å². The maximum atomic E-state index is 13.3. The Morgan fingerprint density at radius 2 is 1.61 bits per heavy atom. The van der Waals surface area contributed by atoms with Gasteiger partial charge >= 0.3 is 0 Å². The first-order valence-corrected chi connectivity index (χ1v) is 11.6. The Bertz CT molecular complexity index is 1320. The number of nitrogens with one attached hydrogen (secondary N) is 1. The molecule has 1 N–H and O–H groups in total. The van der Waals surface area contributed by atoms with E-state index in [0.717, 1.165) is 11.1 Å². The van der Waals surface area contributed by atoms with E-state index in [0.29, 0.717) is 22.2 Å². The number of hydrogen-bond acceptors (Lipinski definition) is 5. The fourth-order valence-electron chi connectivity index (χ4n) is 2.96. The van der Waals surface area contributed by atoms with Crippen LogP contribution in [0, 0.1) is 6.92 Å². The second-order valence-corrected chi connectivity index (χ2v) is 9.64. The van der Waals surface area contributed by atoms with Crippen LogP contribution in [0.3, 0.4) is 0 Å². The van der Waals surface area contributed by atoms with E-state index in [2.05, 4.69) is 10.3 Å². The highest BCUT2D eigenvalue weighted by atomic mass is 35.5. The highest BCUT2D eigenvalue weighted by Crippen LogP contribution is 2.35. The average Bonchev–Trinajstić information content (AvgIpc) is 3.19. The number of halogens is 2. The number of oxazole rings is 1. The maximum absolute atomic E-state index is 13.3. The van der Waals surface area contributed by atoms with Crippen LogP contribution >= 0.6 is 23.2 Å². The summed E-state index contributed by atoms with van der Waals surface area (Å²) < 4.78 is 32.5. The van der Waals surface area contributed by atoms with E-state index in [1.54, 1.807) is 60.7 Å². The molecule has 5 nitrogen and oxygen atoms in total. The van der Waals surface area contributed by atoms with Crippen LogP contribution in [0.1, 0.15) is 11.1 Å². The number of aryl methyl sites for hydroxylation is 1. The molecular formula is C23H18Cl2N2O3S. The van der Waals surface area contributed by atoms with Gasteiger partial charge in [0.15, 0.2) is 0 Å². The number of aromatic nitrogens is 1. The van der Waals surface area contributed by atoms with Crippen LogP contribution in [-0.2, 0) is 16.4 Å². The predicted molar refractivity (Wildman–Crippen MR) is 122 cm³/mol. The molecule has 4 aromatic rings. The minimum Gasteiger partial charge on any atom is -0.419 e. The van der Waals surface area contributed by atoms with Gasteiger partial charge in [-0.2, -0.15) is 4.98 Å². The molecule has 8 heteroatoms. The molecule has 3 aromatic carbocycles. The molecule has 0 aliphatic rings. The number of rotatable bonds is 6. The van der Waals surface area contributed by atoms with E-state index in [1.807, 2.05) is 19.1 Å². The first kappa shape index (κ1) is 21.4. The van der Waals surface area contributed by atoms with Crippen LogP contribution in [-0.4, -0.2) is 13.4 Å². The average molecular weight is 473 g/mol. The van der Waals surface area contributed by atoms with Crippen LogP contribution < -0.4 is 5.32 Å². The summed E-state index contributed by atoms with van der Waals surface area (Å²) >= 11 is 12.2. The van der Waals surface area contributed by atoms with E-state index in [4.69, 9.17) is 27.6 Å². The quantitative estimate of drug-likeness (QED) is 0.351. The summed E-state index contributed by atoms with van der Waals surface area (Å²) in [6, 6.07) is 20.8. The van der Waals surface area contributed by atoms with Crippen LogP contribution in [0.25, 0.3) is 11.5 Å². The van der Waals surface area contributed by atoms with Crippen LogP contribution in [0.15, 0.2) is 87.1 Å². The zero-order chi connectivity index (χ0) is 22.0. The van der Waals surface area contributed by atoms with Gasteiger partial charge in [-0.05, 0) is 48.9 Å². The number of sulfone groups is 1. The lowest BCUT2D eigenvalue weighted by molar-refractivity contribution is 0.577. The van der Waals surface area contributed by atoms with Gasteiger partial charge in [0, 0.05) is 11.6 Å². The summed E-state index contributed by atoms with van der Waals surface area (Å²) in [5.74, 6) is 0.167. The predicted octanol–water partition coefficient (Wildman–Crippen LogP) is 6.40. The van der Waals surface area contributed by atoms with Gasteiger partial charge in [-0.15, -0.1) is 0 Å². The Morgan fingerprint density at radius 3 is 2.29 bits per heavy atom. The van der Waals surface area contributed by atoms with Gasteiger partial charge in [-0.25, -0.2) is 8.42 Å². The fourth-order valence-corrected chi connectivity index (χ4v) is 4.58. The fraction of sp³-hybridized carbons (Fsp3) is 0.0870. The third kappa shape index (κ3) is 4.61. The normalized spacial score (nSPS) is 11.5. The molecular weight excluding hydrogens is 455 g/mol. The molecule has 158 valence electrons. The van der Waals surface area contributed by atoms with Crippen molar-refractivity contribution in [1.82, 2.24) is 4.98 Å². The van der Waals surface area contributed by atoms with Gasteiger partial charge in [0.2, 0.25) is 26.6 Å². The molecule has 4 rings (SSSR count). The van der Waals surface area contributed by atoms with E-state index in [1.165, 1.54) is 0 Å². The molecule has 0 unspecified atom stereocenters. The smallest absolute Gasteiger partial charge is 0.234 e. The molecule has 31 heavy (non-hydrogen) atoms. The highest BCUT2D eigenvalue weighted by Gasteiger charge is 2.29. The van der Waals surface area contributed by atoms with Gasteiger partial charge in [0.05, 0.1) is 15.5 Å². The molecule has 1 heterocycles. The number of hydrogen-bond donors (Lipinski definition) is 1. The Balaban J connectivity index is 1.77. The minimum absolute atomic E-state index is 0.0467. The third-order valence-corrected chi connectivity index (χ3v) is 6.91. The van der Waals surface area contributed by atoms with Gasteiger partial charge < -0.3 is 9.73 Å². The molecule has 0 bridgehead atoms. The van der Waals surface area contributed by atoms with Crippen molar-refractivity contribution in [1.29, 1.82) is 0 Å². The zero-order valence-electron chi connectivity index (χ0n) is 16.5. The topological polar surface area (TPSA) is 72.2 Å². The molecule has 0 spiro atoms. The van der Waals surface area contributed by atoms with Crippen LogP contribution in [0.5, 0.6) is 0 Å². The summed E-state index contributed by atoms with van der Waals surface area (Å²) in [4.78, 5) is 4.45. The standard InChI is InChI=1S/C23H18Cl2N2O3S/c1-15-6-12-18(13-7-15)31(28,29)23-22(26-14-16-8-10-17(24)11-9-16)30-21(27-23)19-4-2-3-5-20(19)25/h2-13,26H,14H2,1H3. The molecule has 0 atom stereocenters. The molecule has 0 aliphatic carbocycles. The van der Waals surface area contributed by atoms with Crippen molar-refractivity contribution in [3.8, 4) is 11.5 Å². The van der Waals surface area contributed by atoms with Gasteiger partial charge in [-0.1, -0.05) is 65.2 Å². The van der Waals surface area contributed by atoms with Crippen molar-refractivity contribution in [3.63, 3.8) is 0 Å². The largest absolute Gasteiger partial charge is 0.419 e. The van der Waals surface area contributed by atoms with Crippen molar-refractivity contribution >= 4 is 38.9 Å². The number of anilines is 1. The third-order valence-electron chi connectivity index (χ3n) is 4.65. The van der Waals surface area contributed by atoms with Gasteiger partial charge in [-0.3, -0.25) is 0 Å². The molecule has 0 saturated carbocycles. The Kier molecular flexibility index (Phi) is 6.05. The SMILES string of the molecule is Cc1ccc(S(=O)(=O)c2nc(-c3ccccc3Cl)oc2NCc2ccc(Cl)cc2)cc1. The van der Waals surface area contributed by atoms with Crippen molar-refractivity contribution in [3.05, 3.63) is 94.0 Å². The van der Waals surface area contributed by atoms with Crippen molar-refractivity contribution < 1.29 is 12.8 Å². The van der Waals surface area contributed by atoms with Gasteiger partial charge in [0.25, 0.3) is 0 Å². The summed E-state index contributed by atoms with van der Waals surface area (Å²) in [5, 5.41) is 3.88. The molecule has 0 radical (unpaired) electrons. The summed E-state index contributed by atoms with van der Waals surface area (Å²) in [5.41, 5.74) is 2.36. The van der Waals surface area contributed by atoms with Crippen LogP contribution in [0.2, 0.25) is 10.0 Å². The maximum Gasteiger partial charge on any atom is 0.234 e. The summed E-state index contributed by atoms with van der Waals surface area (Å²) in [6.07, 6.45) is 0. The lowest BCUT2D eigenvalue weighted by Crippen LogP contribution is -2.07.